The van der Waals surface area contributed by atoms with Gasteiger partial charge in [-0.1, -0.05) is 103 Å². The number of fused-ring (bicyclic) bond motifs is 3. The van der Waals surface area contributed by atoms with Crippen LogP contribution < -0.4 is 10.6 Å². The summed E-state index contributed by atoms with van der Waals surface area (Å²) in [5.41, 5.74) is 3.08. The lowest BCUT2D eigenvalue weighted by Gasteiger charge is -2.17. The molecule has 47 heavy (non-hydrogen) atoms. The van der Waals surface area contributed by atoms with E-state index in [0.717, 1.165) is 26.7 Å². The van der Waals surface area contributed by atoms with E-state index >= 15 is 0 Å². The molecule has 6 rings (SSSR count). The van der Waals surface area contributed by atoms with Gasteiger partial charge in [0.2, 0.25) is 5.91 Å². The van der Waals surface area contributed by atoms with E-state index in [2.05, 4.69) is 10.6 Å². The predicted molar refractivity (Wildman–Crippen MR) is 193 cm³/mol. The van der Waals surface area contributed by atoms with E-state index in [-0.39, 0.29) is 21.9 Å². The van der Waals surface area contributed by atoms with Gasteiger partial charge in [-0.05, 0) is 66.6 Å². The summed E-state index contributed by atoms with van der Waals surface area (Å²) < 4.78 is 1.81. The van der Waals surface area contributed by atoms with Crippen LogP contribution in [0.25, 0.3) is 27.9 Å². The minimum absolute atomic E-state index is 0.0171. The summed E-state index contributed by atoms with van der Waals surface area (Å²) in [7, 11) is 0. The molecule has 1 atom stereocenters. The number of rotatable bonds is 9. The first-order valence-corrected chi connectivity index (χ1v) is 16.6. The lowest BCUT2D eigenvalue weighted by molar-refractivity contribution is -0.113. The Bertz CT molecular complexity index is 2110. The Morgan fingerprint density at radius 1 is 0.787 bits per heavy atom. The topological polar surface area (TPSA) is 80.2 Å². The maximum atomic E-state index is 14.1. The number of nitrogens with zero attached hydrogens (tertiary/aromatic N) is 1. The Labute approximate surface area is 286 Å². The number of carbonyl (C=O) groups excluding carboxylic acids is 3. The first-order chi connectivity index (χ1) is 22.8. The minimum Gasteiger partial charge on any atom is -0.321 e. The van der Waals surface area contributed by atoms with Gasteiger partial charge in [0.1, 0.15) is 5.70 Å². The molecule has 0 aliphatic heterocycles. The van der Waals surface area contributed by atoms with E-state index in [1.807, 2.05) is 78.2 Å². The second-order valence-corrected chi connectivity index (χ2v) is 12.8. The highest BCUT2D eigenvalue weighted by atomic mass is 35.5. The van der Waals surface area contributed by atoms with Gasteiger partial charge in [0.25, 0.3) is 11.8 Å². The molecule has 0 bridgehead atoms. The van der Waals surface area contributed by atoms with Crippen molar-refractivity contribution in [2.75, 3.05) is 5.32 Å². The number of amides is 2. The molecule has 0 fully saturated rings. The molecular formula is C38H29Cl2N3O3S. The third-order valence-electron chi connectivity index (χ3n) is 7.63. The average molecular weight is 679 g/mol. The number of anilines is 1. The molecule has 6 nitrogen and oxygen atoms in total. The van der Waals surface area contributed by atoms with Crippen molar-refractivity contribution < 1.29 is 14.4 Å². The molecule has 5 aromatic carbocycles. The predicted octanol–water partition coefficient (Wildman–Crippen LogP) is 9.72. The Hall–Kier alpha value is -4.82. The van der Waals surface area contributed by atoms with E-state index in [1.165, 1.54) is 17.8 Å². The third kappa shape index (κ3) is 6.98. The van der Waals surface area contributed by atoms with Crippen molar-refractivity contribution in [1.29, 1.82) is 0 Å². The summed E-state index contributed by atoms with van der Waals surface area (Å²) in [5, 5.41) is 7.86. The molecule has 0 saturated carbocycles. The number of carbonyl (C=O) groups is 3. The van der Waals surface area contributed by atoms with Crippen LogP contribution in [-0.4, -0.2) is 27.5 Å². The molecular weight excluding hydrogens is 649 g/mol. The molecule has 1 unspecified atom stereocenters. The van der Waals surface area contributed by atoms with E-state index in [0.29, 0.717) is 28.3 Å². The molecule has 0 radical (unpaired) electrons. The summed E-state index contributed by atoms with van der Waals surface area (Å²) in [6.07, 6.45) is 2.08. The molecule has 0 aliphatic rings. The molecule has 6 aromatic rings. The van der Waals surface area contributed by atoms with Crippen molar-refractivity contribution in [3.05, 3.63) is 148 Å². The Morgan fingerprint density at radius 2 is 1.43 bits per heavy atom. The molecule has 0 aliphatic carbocycles. The largest absolute Gasteiger partial charge is 0.321 e. The lowest BCUT2D eigenvalue weighted by Crippen LogP contribution is -2.30. The minimum atomic E-state index is -0.555. The number of para-hydroxylation sites is 2. The highest BCUT2D eigenvalue weighted by Crippen LogP contribution is 2.34. The molecule has 0 saturated heterocycles. The van der Waals surface area contributed by atoms with Crippen LogP contribution in [0.3, 0.4) is 0 Å². The van der Waals surface area contributed by atoms with Gasteiger partial charge in [-0.15, -0.1) is 11.8 Å². The maximum absolute atomic E-state index is 14.1. The van der Waals surface area contributed by atoms with Crippen molar-refractivity contribution in [3.63, 3.8) is 0 Å². The number of benzene rings is 5. The van der Waals surface area contributed by atoms with E-state index in [9.17, 15) is 14.4 Å². The van der Waals surface area contributed by atoms with Gasteiger partial charge in [-0.25, -0.2) is 0 Å². The van der Waals surface area contributed by atoms with Crippen LogP contribution in [-0.2, 0) is 4.79 Å². The fourth-order valence-electron chi connectivity index (χ4n) is 5.35. The van der Waals surface area contributed by atoms with Crippen molar-refractivity contribution in [3.8, 4) is 0 Å². The van der Waals surface area contributed by atoms with Crippen LogP contribution >= 0.6 is 35.0 Å². The van der Waals surface area contributed by atoms with E-state index in [4.69, 9.17) is 23.2 Å². The van der Waals surface area contributed by atoms with E-state index in [1.54, 1.807) is 54.6 Å². The number of hydrogen-bond donors (Lipinski definition) is 2. The molecule has 1 heterocycles. The lowest BCUT2D eigenvalue weighted by atomic mass is 10.1. The van der Waals surface area contributed by atoms with Gasteiger partial charge < -0.3 is 10.6 Å². The van der Waals surface area contributed by atoms with Crippen LogP contribution in [0.5, 0.6) is 0 Å². The van der Waals surface area contributed by atoms with Gasteiger partial charge in [0.15, 0.2) is 0 Å². The summed E-state index contributed by atoms with van der Waals surface area (Å²) >= 11 is 14.1. The monoisotopic (exact) mass is 677 g/mol. The highest BCUT2D eigenvalue weighted by molar-refractivity contribution is 8.00. The van der Waals surface area contributed by atoms with Gasteiger partial charge in [0.05, 0.1) is 26.3 Å². The molecule has 2 amide bonds. The van der Waals surface area contributed by atoms with Crippen LogP contribution in [0.2, 0.25) is 10.0 Å². The molecule has 0 spiro atoms. The Balaban J connectivity index is 1.26. The van der Waals surface area contributed by atoms with Crippen molar-refractivity contribution in [2.45, 2.75) is 23.5 Å². The molecule has 2 N–H and O–H groups in total. The van der Waals surface area contributed by atoms with Crippen molar-refractivity contribution in [2.24, 2.45) is 0 Å². The summed E-state index contributed by atoms with van der Waals surface area (Å²) in [6, 6.07) is 36.8. The van der Waals surface area contributed by atoms with E-state index < -0.39 is 11.8 Å². The smallest absolute Gasteiger partial charge is 0.272 e. The van der Waals surface area contributed by atoms with Crippen molar-refractivity contribution >= 4 is 86.3 Å². The second-order valence-electron chi connectivity index (χ2n) is 10.7. The average Bonchev–Trinajstić information content (AvgIpc) is 3.43. The SMILES string of the molecule is CCC(Sc1cccc(NC(=O)/C(=C\c2cccc(Cl)c2Cl)NC(=O)c2ccccc2)c1)C(=O)n1c2ccccc2c2ccccc21. The summed E-state index contributed by atoms with van der Waals surface area (Å²) in [6.45, 7) is 1.99. The van der Waals surface area contributed by atoms with Crippen LogP contribution in [0, 0.1) is 0 Å². The van der Waals surface area contributed by atoms with Crippen LogP contribution in [0.1, 0.15) is 34.1 Å². The molecule has 1 aromatic heterocycles. The first kappa shape index (κ1) is 32.1. The zero-order valence-corrected chi connectivity index (χ0v) is 27.6. The first-order valence-electron chi connectivity index (χ1n) is 15.0. The number of nitrogens with one attached hydrogen (secondary N) is 2. The third-order valence-corrected chi connectivity index (χ3v) is 9.81. The van der Waals surface area contributed by atoms with Gasteiger partial charge >= 0.3 is 0 Å². The fourth-order valence-corrected chi connectivity index (χ4v) is 6.77. The zero-order chi connectivity index (χ0) is 32.9. The number of thioether (sulfide) groups is 1. The van der Waals surface area contributed by atoms with Crippen LogP contribution in [0.15, 0.2) is 132 Å². The van der Waals surface area contributed by atoms with Gasteiger partial charge in [-0.3, -0.25) is 19.0 Å². The standard InChI is InChI=1S/C38H29Cl2N3O3S/c1-2-34(38(46)43-32-20-8-6-17-28(32)29-18-7-9-21-33(29)43)47-27-16-11-15-26(23-27)41-37(45)31(22-25-14-10-19-30(39)35(25)40)42-36(44)24-12-4-3-5-13-24/h3-23,34H,2H2,1H3,(H,41,45)(H,42,44)/b31-22+. The fraction of sp³-hybridized carbons (Fsp3) is 0.0789. The van der Waals surface area contributed by atoms with Crippen molar-refractivity contribution in [1.82, 2.24) is 9.88 Å². The second kappa shape index (κ2) is 14.3. The molecule has 234 valence electrons. The highest BCUT2D eigenvalue weighted by Gasteiger charge is 2.24. The summed E-state index contributed by atoms with van der Waals surface area (Å²) in [5.74, 6) is -1.03. The Kier molecular flexibility index (Phi) is 9.78. The number of halogens is 2. The van der Waals surface area contributed by atoms with Gasteiger partial charge in [-0.2, -0.15) is 0 Å². The Morgan fingerprint density at radius 3 is 2.11 bits per heavy atom. The van der Waals surface area contributed by atoms with Gasteiger partial charge in [0, 0.05) is 26.9 Å². The number of aromatic nitrogens is 1. The quantitative estimate of drug-likeness (QED) is 0.118. The number of hydrogen-bond acceptors (Lipinski definition) is 4. The zero-order valence-electron chi connectivity index (χ0n) is 25.2. The maximum Gasteiger partial charge on any atom is 0.272 e. The summed E-state index contributed by atoms with van der Waals surface area (Å²) in [4.78, 5) is 41.6. The molecule has 9 heteroatoms. The van der Waals surface area contributed by atoms with Crippen LogP contribution in [0.4, 0.5) is 5.69 Å². The normalized spacial score (nSPS) is 12.2.